The fraction of sp³-hybridized carbons (Fsp3) is 0.867. The third-order valence-electron chi connectivity index (χ3n) is 4.56. The summed E-state index contributed by atoms with van der Waals surface area (Å²) < 4.78 is 5.40. The predicted octanol–water partition coefficient (Wildman–Crippen LogP) is -0.127. The van der Waals surface area contributed by atoms with Gasteiger partial charge < -0.3 is 20.3 Å². The van der Waals surface area contributed by atoms with Crippen LogP contribution in [0.5, 0.6) is 0 Å². The maximum absolute atomic E-state index is 12.7. The average Bonchev–Trinajstić information content (AvgIpc) is 2.88. The molecule has 2 aliphatic rings. The smallest absolute Gasteiger partial charge is 0.315 e. The normalized spacial score (nSPS) is 26.8. The van der Waals surface area contributed by atoms with E-state index in [1.54, 1.807) is 20.9 Å². The SMILES string of the molecule is CNC(=O)NC(C)(C)C(=O)N1C[C@@H](N2CCOCC2)[C@@H](C)C1. The van der Waals surface area contributed by atoms with E-state index in [4.69, 9.17) is 4.74 Å². The van der Waals surface area contributed by atoms with Gasteiger partial charge in [-0.2, -0.15) is 0 Å². The lowest BCUT2D eigenvalue weighted by atomic mass is 10.0. The van der Waals surface area contributed by atoms with E-state index in [9.17, 15) is 9.59 Å². The minimum absolute atomic E-state index is 0.0290. The number of nitrogens with zero attached hydrogens (tertiary/aromatic N) is 2. The van der Waals surface area contributed by atoms with Gasteiger partial charge in [0.15, 0.2) is 0 Å². The highest BCUT2D eigenvalue weighted by molar-refractivity contribution is 5.90. The van der Waals surface area contributed by atoms with Crippen LogP contribution in [0.25, 0.3) is 0 Å². The average molecular weight is 312 g/mol. The second-order valence-corrected chi connectivity index (χ2v) is 6.73. The molecule has 3 amide bonds. The summed E-state index contributed by atoms with van der Waals surface area (Å²) in [5, 5.41) is 5.21. The summed E-state index contributed by atoms with van der Waals surface area (Å²) >= 11 is 0. The summed E-state index contributed by atoms with van der Waals surface area (Å²) in [7, 11) is 1.54. The molecule has 0 aromatic carbocycles. The van der Waals surface area contributed by atoms with Crippen molar-refractivity contribution in [3.8, 4) is 0 Å². The molecule has 0 radical (unpaired) electrons. The molecular weight excluding hydrogens is 284 g/mol. The first-order valence-corrected chi connectivity index (χ1v) is 7.96. The molecule has 2 fully saturated rings. The van der Waals surface area contributed by atoms with Crippen molar-refractivity contribution < 1.29 is 14.3 Å². The van der Waals surface area contributed by atoms with Crippen LogP contribution in [0.3, 0.4) is 0 Å². The Kier molecular flexibility index (Phi) is 5.28. The number of carbonyl (C=O) groups excluding carboxylic acids is 2. The lowest BCUT2D eigenvalue weighted by molar-refractivity contribution is -0.136. The van der Waals surface area contributed by atoms with E-state index in [2.05, 4.69) is 22.5 Å². The zero-order valence-corrected chi connectivity index (χ0v) is 14.0. The molecule has 0 bridgehead atoms. The minimum atomic E-state index is -0.903. The number of carbonyl (C=O) groups is 2. The third-order valence-corrected chi connectivity index (χ3v) is 4.56. The highest BCUT2D eigenvalue weighted by atomic mass is 16.5. The lowest BCUT2D eigenvalue weighted by Crippen LogP contribution is -2.57. The van der Waals surface area contributed by atoms with E-state index in [0.717, 1.165) is 39.4 Å². The van der Waals surface area contributed by atoms with Gasteiger partial charge in [-0.05, 0) is 19.8 Å². The zero-order chi connectivity index (χ0) is 16.3. The fourth-order valence-corrected chi connectivity index (χ4v) is 3.29. The van der Waals surface area contributed by atoms with Gasteiger partial charge in [-0.25, -0.2) is 4.79 Å². The van der Waals surface area contributed by atoms with E-state index in [1.165, 1.54) is 0 Å². The van der Waals surface area contributed by atoms with E-state index in [1.807, 2.05) is 4.90 Å². The van der Waals surface area contributed by atoms with Crippen molar-refractivity contribution in [3.05, 3.63) is 0 Å². The highest BCUT2D eigenvalue weighted by Crippen LogP contribution is 2.24. The molecule has 0 unspecified atom stereocenters. The Morgan fingerprint density at radius 2 is 1.82 bits per heavy atom. The van der Waals surface area contributed by atoms with Crippen LogP contribution in [-0.4, -0.2) is 79.8 Å². The second kappa shape index (κ2) is 6.83. The molecule has 7 nitrogen and oxygen atoms in total. The van der Waals surface area contributed by atoms with Crippen molar-refractivity contribution >= 4 is 11.9 Å². The number of nitrogens with one attached hydrogen (secondary N) is 2. The monoisotopic (exact) mass is 312 g/mol. The standard InChI is InChI=1S/C15H28N4O3/c1-11-9-19(10-12(11)18-5-7-22-8-6-18)13(20)15(2,3)17-14(21)16-4/h11-12H,5-10H2,1-4H3,(H2,16,17,21)/t11-,12+/m0/s1. The number of urea groups is 1. The molecule has 2 heterocycles. The van der Waals surface area contributed by atoms with Gasteiger partial charge in [0.1, 0.15) is 5.54 Å². The number of rotatable bonds is 3. The summed E-state index contributed by atoms with van der Waals surface area (Å²) in [6.45, 7) is 10.5. The van der Waals surface area contributed by atoms with Gasteiger partial charge >= 0.3 is 6.03 Å². The summed E-state index contributed by atoms with van der Waals surface area (Å²) in [6.07, 6.45) is 0. The van der Waals surface area contributed by atoms with Crippen molar-refractivity contribution in [1.29, 1.82) is 0 Å². The third kappa shape index (κ3) is 3.70. The molecule has 7 heteroatoms. The van der Waals surface area contributed by atoms with Gasteiger partial charge in [0.25, 0.3) is 0 Å². The van der Waals surface area contributed by atoms with Crippen molar-refractivity contribution in [3.63, 3.8) is 0 Å². The largest absolute Gasteiger partial charge is 0.379 e. The van der Waals surface area contributed by atoms with Crippen LogP contribution in [0.1, 0.15) is 20.8 Å². The molecule has 2 saturated heterocycles. The first-order chi connectivity index (χ1) is 10.3. The van der Waals surface area contributed by atoms with Crippen LogP contribution >= 0.6 is 0 Å². The summed E-state index contributed by atoms with van der Waals surface area (Å²) in [6, 6.07) is 0.0407. The Labute approximate surface area is 132 Å². The number of ether oxygens (including phenoxy) is 1. The molecule has 0 aliphatic carbocycles. The van der Waals surface area contributed by atoms with Crippen LogP contribution in [0.2, 0.25) is 0 Å². The Balaban J connectivity index is 1.98. The maximum atomic E-state index is 12.7. The van der Waals surface area contributed by atoms with E-state index in [0.29, 0.717) is 12.0 Å². The van der Waals surface area contributed by atoms with Gasteiger partial charge in [0.2, 0.25) is 5.91 Å². The molecule has 2 N–H and O–H groups in total. The van der Waals surface area contributed by atoms with Crippen LogP contribution in [0.15, 0.2) is 0 Å². The van der Waals surface area contributed by atoms with Crippen molar-refractivity contribution in [2.75, 3.05) is 46.4 Å². The first-order valence-electron chi connectivity index (χ1n) is 7.96. The first kappa shape index (κ1) is 17.0. The Morgan fingerprint density at radius 3 is 2.41 bits per heavy atom. The molecule has 2 aliphatic heterocycles. The molecular formula is C15H28N4O3. The van der Waals surface area contributed by atoms with Crippen molar-refractivity contribution in [1.82, 2.24) is 20.4 Å². The predicted molar refractivity (Wildman–Crippen MR) is 83.6 cm³/mol. The van der Waals surface area contributed by atoms with Crippen LogP contribution in [0.4, 0.5) is 4.79 Å². The van der Waals surface area contributed by atoms with E-state index < -0.39 is 5.54 Å². The van der Waals surface area contributed by atoms with Crippen molar-refractivity contribution in [2.45, 2.75) is 32.4 Å². The second-order valence-electron chi connectivity index (χ2n) is 6.73. The Hall–Kier alpha value is -1.34. The van der Waals surface area contributed by atoms with Crippen LogP contribution < -0.4 is 10.6 Å². The van der Waals surface area contributed by atoms with Crippen LogP contribution in [0, 0.1) is 5.92 Å². The van der Waals surface area contributed by atoms with E-state index in [-0.39, 0.29) is 11.9 Å². The van der Waals surface area contributed by atoms with Crippen LogP contribution in [-0.2, 0) is 9.53 Å². The molecule has 22 heavy (non-hydrogen) atoms. The van der Waals surface area contributed by atoms with Gasteiger partial charge in [0, 0.05) is 39.3 Å². The molecule has 0 aromatic rings. The highest BCUT2D eigenvalue weighted by Gasteiger charge is 2.41. The number of likely N-dealkylation sites (tertiary alicyclic amines) is 1. The number of morpholine rings is 1. The Bertz CT molecular complexity index is 421. The molecule has 2 rings (SSSR count). The number of hydrogen-bond donors (Lipinski definition) is 2. The van der Waals surface area contributed by atoms with Gasteiger partial charge in [-0.3, -0.25) is 9.69 Å². The number of amides is 3. The fourth-order valence-electron chi connectivity index (χ4n) is 3.29. The summed E-state index contributed by atoms with van der Waals surface area (Å²) in [5.41, 5.74) is -0.903. The van der Waals surface area contributed by atoms with Gasteiger partial charge in [-0.15, -0.1) is 0 Å². The van der Waals surface area contributed by atoms with Gasteiger partial charge in [-0.1, -0.05) is 6.92 Å². The summed E-state index contributed by atoms with van der Waals surface area (Å²) in [4.78, 5) is 28.5. The number of hydrogen-bond acceptors (Lipinski definition) is 4. The van der Waals surface area contributed by atoms with Crippen molar-refractivity contribution in [2.24, 2.45) is 5.92 Å². The molecule has 0 saturated carbocycles. The van der Waals surface area contributed by atoms with Gasteiger partial charge in [0.05, 0.1) is 13.2 Å². The molecule has 126 valence electrons. The lowest BCUT2D eigenvalue weighted by Gasteiger charge is -2.34. The topological polar surface area (TPSA) is 73.9 Å². The zero-order valence-electron chi connectivity index (χ0n) is 14.0. The Morgan fingerprint density at radius 1 is 1.18 bits per heavy atom. The minimum Gasteiger partial charge on any atom is -0.379 e. The molecule has 0 spiro atoms. The summed E-state index contributed by atoms with van der Waals surface area (Å²) in [5.74, 6) is 0.400. The quantitative estimate of drug-likeness (QED) is 0.761. The maximum Gasteiger partial charge on any atom is 0.315 e. The molecule has 2 atom stereocenters. The van der Waals surface area contributed by atoms with E-state index >= 15 is 0 Å². The molecule has 0 aromatic heterocycles.